The molecular formula is C8H8N6. The Hall–Kier alpha value is -2.24. The van der Waals surface area contributed by atoms with Crippen LogP contribution in [0.1, 0.15) is 0 Å². The van der Waals surface area contributed by atoms with Gasteiger partial charge >= 0.3 is 0 Å². The van der Waals surface area contributed by atoms with Gasteiger partial charge in [0.2, 0.25) is 5.95 Å². The first kappa shape index (κ1) is 8.36. The summed E-state index contributed by atoms with van der Waals surface area (Å²) >= 11 is 0. The summed E-state index contributed by atoms with van der Waals surface area (Å²) in [6.07, 6.45) is 6.28. The molecule has 70 valence electrons. The van der Waals surface area contributed by atoms with Gasteiger partial charge in [0.1, 0.15) is 12.1 Å². The second kappa shape index (κ2) is 3.65. The fourth-order valence-electron chi connectivity index (χ4n) is 0.926. The molecule has 6 heteroatoms. The third-order valence-electron chi connectivity index (χ3n) is 1.49. The molecule has 0 spiro atoms. The van der Waals surface area contributed by atoms with E-state index in [0.717, 1.165) is 5.69 Å². The number of hydrogen-bond donors (Lipinski definition) is 2. The number of aromatic nitrogens is 4. The Kier molecular flexibility index (Phi) is 2.18. The van der Waals surface area contributed by atoms with Crippen molar-refractivity contribution >= 4 is 17.5 Å². The van der Waals surface area contributed by atoms with E-state index in [0.29, 0.717) is 11.8 Å². The normalized spacial score (nSPS) is 9.71. The molecule has 0 aromatic carbocycles. The summed E-state index contributed by atoms with van der Waals surface area (Å²) in [5, 5.41) is 2.92. The molecule has 2 heterocycles. The molecule has 0 bridgehead atoms. The van der Waals surface area contributed by atoms with Crippen LogP contribution < -0.4 is 11.1 Å². The van der Waals surface area contributed by atoms with E-state index in [1.165, 1.54) is 6.33 Å². The Bertz CT molecular complexity index is 415. The maximum absolute atomic E-state index is 5.49. The third kappa shape index (κ3) is 1.92. The maximum atomic E-state index is 5.49. The van der Waals surface area contributed by atoms with Crippen molar-refractivity contribution in [2.24, 2.45) is 0 Å². The van der Waals surface area contributed by atoms with Gasteiger partial charge in [-0.25, -0.2) is 15.0 Å². The molecule has 6 nitrogen and oxygen atoms in total. The first-order valence-electron chi connectivity index (χ1n) is 3.95. The first-order chi connectivity index (χ1) is 6.84. The second-order valence-electron chi connectivity index (χ2n) is 2.56. The van der Waals surface area contributed by atoms with Crippen LogP contribution in [0.3, 0.4) is 0 Å². The number of nitrogens with zero attached hydrogens (tertiary/aromatic N) is 4. The Morgan fingerprint density at radius 3 is 2.71 bits per heavy atom. The lowest BCUT2D eigenvalue weighted by molar-refractivity contribution is 1.13. The van der Waals surface area contributed by atoms with E-state index >= 15 is 0 Å². The molecule has 0 aliphatic carbocycles. The molecule has 0 atom stereocenters. The summed E-state index contributed by atoms with van der Waals surface area (Å²) in [7, 11) is 0. The molecular weight excluding hydrogens is 180 g/mol. The molecule has 2 aromatic rings. The van der Waals surface area contributed by atoms with E-state index in [4.69, 9.17) is 5.73 Å². The number of anilines is 3. The molecule has 0 aliphatic rings. The van der Waals surface area contributed by atoms with Crippen LogP contribution >= 0.6 is 0 Å². The van der Waals surface area contributed by atoms with Gasteiger partial charge in [-0.05, 0) is 6.07 Å². The van der Waals surface area contributed by atoms with Gasteiger partial charge in [-0.1, -0.05) is 0 Å². The standard InChI is InChI=1S/C8H8N6/c9-7-1-2-12-8(14-7)13-6-3-10-5-11-4-6/h1-5H,(H3,9,12,13,14). The molecule has 0 radical (unpaired) electrons. The monoisotopic (exact) mass is 188 g/mol. The zero-order valence-corrected chi connectivity index (χ0v) is 7.25. The van der Waals surface area contributed by atoms with Gasteiger partial charge in [-0.2, -0.15) is 4.98 Å². The highest BCUT2D eigenvalue weighted by Crippen LogP contribution is 2.09. The molecule has 2 aromatic heterocycles. The van der Waals surface area contributed by atoms with Crippen molar-refractivity contribution in [3.63, 3.8) is 0 Å². The fraction of sp³-hybridized carbons (Fsp3) is 0. The topological polar surface area (TPSA) is 89.6 Å². The van der Waals surface area contributed by atoms with Crippen molar-refractivity contribution in [1.29, 1.82) is 0 Å². The van der Waals surface area contributed by atoms with Gasteiger partial charge in [0.05, 0.1) is 18.1 Å². The quantitative estimate of drug-likeness (QED) is 0.717. The lowest BCUT2D eigenvalue weighted by atomic mass is 10.5. The van der Waals surface area contributed by atoms with E-state index in [-0.39, 0.29) is 0 Å². The highest BCUT2D eigenvalue weighted by Gasteiger charge is 1.97. The van der Waals surface area contributed by atoms with Crippen LogP contribution in [0.4, 0.5) is 17.5 Å². The maximum Gasteiger partial charge on any atom is 0.229 e. The molecule has 0 amide bonds. The minimum absolute atomic E-state index is 0.416. The average Bonchev–Trinajstić information content (AvgIpc) is 2.19. The Morgan fingerprint density at radius 2 is 2.00 bits per heavy atom. The zero-order valence-electron chi connectivity index (χ0n) is 7.25. The predicted molar refractivity (Wildman–Crippen MR) is 51.8 cm³/mol. The Morgan fingerprint density at radius 1 is 1.21 bits per heavy atom. The summed E-state index contributed by atoms with van der Waals surface area (Å²) in [6, 6.07) is 1.62. The summed E-state index contributed by atoms with van der Waals surface area (Å²) in [6.45, 7) is 0. The second-order valence-corrected chi connectivity index (χ2v) is 2.56. The highest BCUT2D eigenvalue weighted by atomic mass is 15.1. The number of rotatable bonds is 2. The first-order valence-corrected chi connectivity index (χ1v) is 3.95. The molecule has 0 unspecified atom stereocenters. The number of hydrogen-bond acceptors (Lipinski definition) is 6. The summed E-state index contributed by atoms with van der Waals surface area (Å²) in [4.78, 5) is 15.6. The smallest absolute Gasteiger partial charge is 0.229 e. The zero-order chi connectivity index (χ0) is 9.80. The Balaban J connectivity index is 2.19. The lowest BCUT2D eigenvalue weighted by Crippen LogP contribution is -1.99. The summed E-state index contributed by atoms with van der Waals surface area (Å²) in [5.74, 6) is 0.846. The predicted octanol–water partition coefficient (Wildman–Crippen LogP) is 0.592. The number of nitrogen functional groups attached to an aromatic ring is 1. The van der Waals surface area contributed by atoms with Crippen LogP contribution in [0, 0.1) is 0 Å². The van der Waals surface area contributed by atoms with Crippen molar-refractivity contribution in [3.8, 4) is 0 Å². The fourth-order valence-corrected chi connectivity index (χ4v) is 0.926. The van der Waals surface area contributed by atoms with E-state index in [1.54, 1.807) is 24.7 Å². The van der Waals surface area contributed by atoms with Gasteiger partial charge in [0, 0.05) is 6.20 Å². The van der Waals surface area contributed by atoms with E-state index < -0.39 is 0 Å². The van der Waals surface area contributed by atoms with Crippen molar-refractivity contribution < 1.29 is 0 Å². The largest absolute Gasteiger partial charge is 0.384 e. The van der Waals surface area contributed by atoms with Crippen molar-refractivity contribution in [1.82, 2.24) is 19.9 Å². The molecule has 0 aliphatic heterocycles. The van der Waals surface area contributed by atoms with Crippen LogP contribution in [-0.2, 0) is 0 Å². The summed E-state index contributed by atoms with van der Waals surface area (Å²) < 4.78 is 0. The molecule has 0 saturated heterocycles. The molecule has 0 fully saturated rings. The van der Waals surface area contributed by atoms with Gasteiger partial charge in [0.25, 0.3) is 0 Å². The van der Waals surface area contributed by atoms with Gasteiger partial charge in [0.15, 0.2) is 0 Å². The third-order valence-corrected chi connectivity index (χ3v) is 1.49. The molecule has 14 heavy (non-hydrogen) atoms. The molecule has 2 rings (SSSR count). The average molecular weight is 188 g/mol. The minimum atomic E-state index is 0.416. The van der Waals surface area contributed by atoms with Crippen LogP contribution in [0.15, 0.2) is 31.0 Å². The van der Waals surface area contributed by atoms with Crippen LogP contribution in [-0.4, -0.2) is 19.9 Å². The molecule has 0 saturated carbocycles. The number of nitrogens with two attached hydrogens (primary N) is 1. The lowest BCUT2D eigenvalue weighted by Gasteiger charge is -2.02. The molecule has 3 N–H and O–H groups in total. The van der Waals surface area contributed by atoms with Gasteiger partial charge < -0.3 is 11.1 Å². The SMILES string of the molecule is Nc1ccnc(Nc2cncnc2)n1. The van der Waals surface area contributed by atoms with Gasteiger partial charge in [-0.3, -0.25) is 0 Å². The van der Waals surface area contributed by atoms with E-state index in [1.807, 2.05) is 0 Å². The van der Waals surface area contributed by atoms with E-state index in [2.05, 4.69) is 25.3 Å². The van der Waals surface area contributed by atoms with Crippen molar-refractivity contribution in [3.05, 3.63) is 31.0 Å². The van der Waals surface area contributed by atoms with Crippen LogP contribution in [0.2, 0.25) is 0 Å². The van der Waals surface area contributed by atoms with Crippen LogP contribution in [0.25, 0.3) is 0 Å². The van der Waals surface area contributed by atoms with E-state index in [9.17, 15) is 0 Å². The summed E-state index contributed by atoms with van der Waals surface area (Å²) in [5.41, 5.74) is 6.21. The highest BCUT2D eigenvalue weighted by molar-refractivity contribution is 5.51. The van der Waals surface area contributed by atoms with Gasteiger partial charge in [-0.15, -0.1) is 0 Å². The van der Waals surface area contributed by atoms with Crippen molar-refractivity contribution in [2.45, 2.75) is 0 Å². The van der Waals surface area contributed by atoms with Crippen molar-refractivity contribution in [2.75, 3.05) is 11.1 Å². The number of nitrogens with one attached hydrogen (secondary N) is 1. The Labute approximate surface area is 80.3 Å². The van der Waals surface area contributed by atoms with Crippen LogP contribution in [0.5, 0.6) is 0 Å². The minimum Gasteiger partial charge on any atom is -0.384 e.